The summed E-state index contributed by atoms with van der Waals surface area (Å²) in [6.45, 7) is -0.773. The van der Waals surface area contributed by atoms with Crippen molar-refractivity contribution in [2.45, 2.75) is 17.5 Å². The quantitative estimate of drug-likeness (QED) is 0.189. The molecule has 0 spiro atoms. The van der Waals surface area contributed by atoms with Crippen molar-refractivity contribution in [1.29, 1.82) is 0 Å². The van der Waals surface area contributed by atoms with E-state index in [4.69, 9.17) is 4.74 Å². The van der Waals surface area contributed by atoms with Gasteiger partial charge < -0.3 is 14.8 Å². The van der Waals surface area contributed by atoms with Gasteiger partial charge in [0.2, 0.25) is 10.0 Å². The summed E-state index contributed by atoms with van der Waals surface area (Å²) < 4.78 is 38.2. The van der Waals surface area contributed by atoms with Crippen LogP contribution in [0.4, 0.5) is 0 Å². The summed E-state index contributed by atoms with van der Waals surface area (Å²) in [6.07, 6.45) is 0. The van der Waals surface area contributed by atoms with Gasteiger partial charge in [0.1, 0.15) is 11.8 Å². The third-order valence-corrected chi connectivity index (χ3v) is 7.50. The zero-order valence-electron chi connectivity index (χ0n) is 20.7. The Labute approximate surface area is 220 Å². The van der Waals surface area contributed by atoms with Gasteiger partial charge in [0.05, 0.1) is 24.7 Å². The fourth-order valence-corrected chi connectivity index (χ4v) is 5.15. The molecule has 0 aromatic heterocycles. The van der Waals surface area contributed by atoms with Crippen molar-refractivity contribution in [3.05, 3.63) is 95.6 Å². The van der Waals surface area contributed by atoms with Gasteiger partial charge in [0.15, 0.2) is 0 Å². The van der Waals surface area contributed by atoms with Gasteiger partial charge in [-0.25, -0.2) is 18.7 Å². The van der Waals surface area contributed by atoms with E-state index in [1.54, 1.807) is 30.3 Å². The molecule has 0 bridgehead atoms. The smallest absolute Gasteiger partial charge is 0.337 e. The standard InChI is InChI=1S/C26H27N3O8S/c1-36-21-12-14-22(15-13-21)38(34,35)29(17-18-8-10-20(11-9-18)26(32)37-2)23(25(31)28-33)16-27-24(30)19-6-4-3-5-7-19/h3-15,23,33H,16-17H2,1-2H3,(H,27,30)(H,28,31)/t23-/m1/s1. The van der Waals surface area contributed by atoms with Crippen LogP contribution in [0.1, 0.15) is 26.3 Å². The van der Waals surface area contributed by atoms with Gasteiger partial charge in [0, 0.05) is 18.7 Å². The zero-order valence-corrected chi connectivity index (χ0v) is 21.5. The minimum atomic E-state index is -4.36. The highest BCUT2D eigenvalue weighted by atomic mass is 32.2. The van der Waals surface area contributed by atoms with Crippen molar-refractivity contribution in [3.63, 3.8) is 0 Å². The fourth-order valence-electron chi connectivity index (χ4n) is 3.57. The lowest BCUT2D eigenvalue weighted by atomic mass is 10.1. The Morgan fingerprint density at radius 1 is 0.895 bits per heavy atom. The number of hydroxylamine groups is 1. The molecular formula is C26H27N3O8S. The number of esters is 1. The first-order valence-corrected chi connectivity index (χ1v) is 12.8. The second-order valence-corrected chi connectivity index (χ2v) is 9.87. The van der Waals surface area contributed by atoms with E-state index in [1.807, 2.05) is 0 Å². The topological polar surface area (TPSA) is 151 Å². The van der Waals surface area contributed by atoms with Gasteiger partial charge in [-0.3, -0.25) is 14.8 Å². The molecule has 0 unspecified atom stereocenters. The molecule has 0 fully saturated rings. The Hall–Kier alpha value is -4.26. The molecule has 200 valence electrons. The molecule has 3 aromatic rings. The Balaban J connectivity index is 2.00. The summed E-state index contributed by atoms with van der Waals surface area (Å²) in [4.78, 5) is 37.0. The average Bonchev–Trinajstić information content (AvgIpc) is 2.96. The maximum absolute atomic E-state index is 13.8. The number of ether oxygens (including phenoxy) is 2. The van der Waals surface area contributed by atoms with E-state index in [0.717, 1.165) is 4.31 Å². The fraction of sp³-hybridized carbons (Fsp3) is 0.192. The lowest BCUT2D eigenvalue weighted by Crippen LogP contribution is -2.53. The van der Waals surface area contributed by atoms with Crippen molar-refractivity contribution in [1.82, 2.24) is 15.1 Å². The highest BCUT2D eigenvalue weighted by Crippen LogP contribution is 2.24. The molecule has 3 rings (SSSR count). The number of sulfonamides is 1. The average molecular weight is 542 g/mol. The minimum absolute atomic E-state index is 0.144. The summed E-state index contributed by atoms with van der Waals surface area (Å²) in [6, 6.07) is 18.1. The highest BCUT2D eigenvalue weighted by Gasteiger charge is 2.36. The molecule has 11 nitrogen and oxygen atoms in total. The lowest BCUT2D eigenvalue weighted by Gasteiger charge is -2.30. The third-order valence-electron chi connectivity index (χ3n) is 5.63. The number of rotatable bonds is 11. The summed E-state index contributed by atoms with van der Waals surface area (Å²) >= 11 is 0. The molecule has 0 radical (unpaired) electrons. The van der Waals surface area contributed by atoms with Crippen LogP contribution in [-0.2, 0) is 26.1 Å². The van der Waals surface area contributed by atoms with E-state index in [0.29, 0.717) is 16.9 Å². The number of carbonyl (C=O) groups excluding carboxylic acids is 3. The number of benzene rings is 3. The van der Waals surface area contributed by atoms with Crippen LogP contribution in [0.2, 0.25) is 0 Å². The van der Waals surface area contributed by atoms with E-state index >= 15 is 0 Å². The minimum Gasteiger partial charge on any atom is -0.497 e. The van der Waals surface area contributed by atoms with E-state index in [2.05, 4.69) is 10.1 Å². The normalized spacial score (nSPS) is 11.9. The molecule has 2 amide bonds. The Morgan fingerprint density at radius 3 is 2.08 bits per heavy atom. The summed E-state index contributed by atoms with van der Waals surface area (Å²) in [5.41, 5.74) is 2.48. The van der Waals surface area contributed by atoms with Crippen LogP contribution in [0.5, 0.6) is 5.75 Å². The van der Waals surface area contributed by atoms with Crippen molar-refractivity contribution in [3.8, 4) is 5.75 Å². The maximum Gasteiger partial charge on any atom is 0.337 e. The predicted octanol–water partition coefficient (Wildman–Crippen LogP) is 1.98. The zero-order chi connectivity index (χ0) is 27.7. The Bertz CT molecular complexity index is 1360. The number of amides is 2. The second kappa shape index (κ2) is 12.8. The van der Waals surface area contributed by atoms with Gasteiger partial charge in [-0.1, -0.05) is 30.3 Å². The number of hydrogen-bond acceptors (Lipinski definition) is 8. The van der Waals surface area contributed by atoms with Crippen molar-refractivity contribution in [2.75, 3.05) is 20.8 Å². The molecule has 0 saturated heterocycles. The van der Waals surface area contributed by atoms with E-state index in [9.17, 15) is 28.0 Å². The van der Waals surface area contributed by atoms with E-state index in [-0.39, 0.29) is 17.0 Å². The third kappa shape index (κ3) is 6.73. The predicted molar refractivity (Wildman–Crippen MR) is 136 cm³/mol. The maximum atomic E-state index is 13.8. The molecule has 38 heavy (non-hydrogen) atoms. The number of nitrogens with zero attached hydrogens (tertiary/aromatic N) is 1. The molecule has 3 aromatic carbocycles. The first-order valence-electron chi connectivity index (χ1n) is 11.3. The number of nitrogens with one attached hydrogen (secondary N) is 2. The molecule has 0 aliphatic rings. The van der Waals surface area contributed by atoms with Crippen LogP contribution in [0.25, 0.3) is 0 Å². The van der Waals surface area contributed by atoms with Gasteiger partial charge in [-0.05, 0) is 54.1 Å². The van der Waals surface area contributed by atoms with Crippen LogP contribution in [0.15, 0.2) is 83.8 Å². The summed E-state index contributed by atoms with van der Waals surface area (Å²) in [7, 11) is -1.69. The summed E-state index contributed by atoms with van der Waals surface area (Å²) in [5.74, 6) is -1.73. The Kier molecular flexibility index (Phi) is 9.55. The highest BCUT2D eigenvalue weighted by molar-refractivity contribution is 7.89. The largest absolute Gasteiger partial charge is 0.497 e. The van der Waals surface area contributed by atoms with Crippen LogP contribution >= 0.6 is 0 Å². The first-order chi connectivity index (χ1) is 18.2. The Morgan fingerprint density at radius 2 is 1.53 bits per heavy atom. The van der Waals surface area contributed by atoms with Gasteiger partial charge in [-0.2, -0.15) is 4.31 Å². The number of hydrogen-bond donors (Lipinski definition) is 3. The SMILES string of the molecule is COC(=O)c1ccc(CN([C@H](CNC(=O)c2ccccc2)C(=O)NO)S(=O)(=O)c2ccc(OC)cc2)cc1. The van der Waals surface area contributed by atoms with Gasteiger partial charge in [-0.15, -0.1) is 0 Å². The summed E-state index contributed by atoms with van der Waals surface area (Å²) in [5, 5.41) is 12.0. The molecule has 0 aliphatic heterocycles. The van der Waals surface area contributed by atoms with Gasteiger partial charge in [0.25, 0.3) is 11.8 Å². The van der Waals surface area contributed by atoms with Crippen LogP contribution in [0, 0.1) is 0 Å². The molecule has 0 saturated carbocycles. The van der Waals surface area contributed by atoms with Crippen molar-refractivity contribution in [2.24, 2.45) is 0 Å². The molecule has 1 atom stereocenters. The number of carbonyl (C=O) groups is 3. The van der Waals surface area contributed by atoms with Crippen LogP contribution in [0.3, 0.4) is 0 Å². The first kappa shape index (κ1) is 28.3. The van der Waals surface area contributed by atoms with E-state index in [1.165, 1.54) is 68.2 Å². The van der Waals surface area contributed by atoms with Crippen LogP contribution < -0.4 is 15.5 Å². The van der Waals surface area contributed by atoms with E-state index < -0.39 is 40.4 Å². The lowest BCUT2D eigenvalue weighted by molar-refractivity contribution is -0.133. The second-order valence-electron chi connectivity index (χ2n) is 7.98. The molecule has 0 aliphatic carbocycles. The number of methoxy groups -OCH3 is 2. The monoisotopic (exact) mass is 541 g/mol. The molecule has 0 heterocycles. The van der Waals surface area contributed by atoms with Crippen LogP contribution in [-0.4, -0.2) is 62.5 Å². The van der Waals surface area contributed by atoms with Gasteiger partial charge >= 0.3 is 5.97 Å². The van der Waals surface area contributed by atoms with Crippen molar-refractivity contribution < 1.29 is 37.5 Å². The van der Waals surface area contributed by atoms with Crippen molar-refractivity contribution >= 4 is 27.8 Å². The molecular weight excluding hydrogens is 514 g/mol. The molecule has 12 heteroatoms. The molecule has 3 N–H and O–H groups in total.